The van der Waals surface area contributed by atoms with Crippen LogP contribution in [-0.2, 0) is 26.6 Å². The fraction of sp³-hybridized carbons (Fsp3) is 0.889. The lowest BCUT2D eigenvalue weighted by molar-refractivity contribution is 0.0706. The molecular formula is C18H42O6Si2. The first-order valence-electron chi connectivity index (χ1n) is 9.69. The van der Waals surface area contributed by atoms with Gasteiger partial charge in [-0.15, -0.1) is 0 Å². The second-order valence-electron chi connectivity index (χ2n) is 5.57. The van der Waals surface area contributed by atoms with Crippen LogP contribution in [0.25, 0.3) is 0 Å². The molecule has 158 valence electrons. The first-order valence-corrected chi connectivity index (χ1v) is 13.4. The molecule has 0 bridgehead atoms. The van der Waals surface area contributed by atoms with E-state index in [2.05, 4.69) is 13.5 Å². The molecule has 0 rings (SSSR count). The summed E-state index contributed by atoms with van der Waals surface area (Å²) in [7, 11) is -0.155. The summed E-state index contributed by atoms with van der Waals surface area (Å²) in [5.74, 6) is 0. The fourth-order valence-electron chi connectivity index (χ4n) is 2.45. The van der Waals surface area contributed by atoms with Crippen molar-refractivity contribution in [2.24, 2.45) is 0 Å². The molecule has 0 N–H and O–H groups in total. The quantitative estimate of drug-likeness (QED) is 0.274. The lowest BCUT2D eigenvalue weighted by atomic mass is 10.2. The Balaban J connectivity index is 0. The summed E-state index contributed by atoms with van der Waals surface area (Å²) < 4.78 is 32.3. The Morgan fingerprint density at radius 3 is 1.38 bits per heavy atom. The first kappa shape index (κ1) is 28.1. The molecule has 8 heteroatoms. The molecule has 0 aromatic carbocycles. The fourth-order valence-corrected chi connectivity index (χ4v) is 6.13. The smallest absolute Gasteiger partial charge is 0.374 e. The second kappa shape index (κ2) is 18.3. The summed E-state index contributed by atoms with van der Waals surface area (Å²) >= 11 is 0. The summed E-state index contributed by atoms with van der Waals surface area (Å²) in [5, 5.41) is 0. The third-order valence-electron chi connectivity index (χ3n) is 3.78. The number of hydrogen-bond acceptors (Lipinski definition) is 6. The predicted octanol–water partition coefficient (Wildman–Crippen LogP) is 4.59. The molecule has 0 unspecified atom stereocenters. The van der Waals surface area contributed by atoms with E-state index in [-0.39, 0.29) is 0 Å². The van der Waals surface area contributed by atoms with E-state index in [9.17, 15) is 0 Å². The highest BCUT2D eigenvalue weighted by atomic mass is 28.4. The van der Waals surface area contributed by atoms with Crippen molar-refractivity contribution >= 4 is 17.6 Å². The van der Waals surface area contributed by atoms with Crippen molar-refractivity contribution in [3.05, 3.63) is 12.3 Å². The molecule has 6 nitrogen and oxygen atoms in total. The Hall–Kier alpha value is -0.0662. The van der Waals surface area contributed by atoms with E-state index in [4.69, 9.17) is 26.6 Å². The Morgan fingerprint density at radius 1 is 0.692 bits per heavy atom. The molecule has 0 spiro atoms. The molecule has 0 fully saturated rings. The van der Waals surface area contributed by atoms with Crippen LogP contribution in [-0.4, -0.2) is 58.8 Å². The van der Waals surface area contributed by atoms with Gasteiger partial charge in [0.05, 0.1) is 0 Å². The highest BCUT2D eigenvalue weighted by Crippen LogP contribution is 2.20. The van der Waals surface area contributed by atoms with Crippen LogP contribution in [0.3, 0.4) is 0 Å². The van der Waals surface area contributed by atoms with Gasteiger partial charge >= 0.3 is 17.6 Å². The molecule has 0 aliphatic heterocycles. The van der Waals surface area contributed by atoms with Gasteiger partial charge in [-0.2, -0.15) is 0 Å². The van der Waals surface area contributed by atoms with E-state index in [0.717, 1.165) is 12.5 Å². The van der Waals surface area contributed by atoms with Crippen molar-refractivity contribution in [3.63, 3.8) is 0 Å². The van der Waals surface area contributed by atoms with Gasteiger partial charge in [0.25, 0.3) is 0 Å². The van der Waals surface area contributed by atoms with E-state index < -0.39 is 17.6 Å². The van der Waals surface area contributed by atoms with Crippen LogP contribution >= 0.6 is 0 Å². The normalized spacial score (nSPS) is 11.8. The zero-order chi connectivity index (χ0) is 20.3. The van der Waals surface area contributed by atoms with Crippen molar-refractivity contribution in [1.82, 2.24) is 0 Å². The Morgan fingerprint density at radius 2 is 1.12 bits per heavy atom. The summed E-state index contributed by atoms with van der Waals surface area (Å²) in [4.78, 5) is 0. The maximum absolute atomic E-state index is 5.81. The van der Waals surface area contributed by atoms with Gasteiger partial charge in [-0.25, -0.2) is 0 Å². The Bertz CT molecular complexity index is 289. The minimum absolute atomic E-state index is 0.682. The third-order valence-corrected chi connectivity index (χ3v) is 9.14. The van der Waals surface area contributed by atoms with E-state index in [1.807, 2.05) is 20.8 Å². The highest BCUT2D eigenvalue weighted by Gasteiger charge is 2.39. The topological polar surface area (TPSA) is 55.4 Å². The van der Waals surface area contributed by atoms with Crippen molar-refractivity contribution in [3.8, 4) is 0 Å². The Labute approximate surface area is 163 Å². The molecule has 0 saturated carbocycles. The first-order chi connectivity index (χ1) is 12.5. The second-order valence-corrected chi connectivity index (χ2v) is 11.1. The standard InChI is InChI=1S/C13H30O3Si.C5H12O3Si/c1-5-9-10-11-12-13-17(14-6-2,15-7-3)16-8-4;1-5-9(6-2,7-3)8-4/h5-13H2,1-4H3;5H,1H2,2-4H3. The third kappa shape index (κ3) is 12.3. The molecule has 0 saturated heterocycles. The zero-order valence-corrected chi connectivity index (χ0v) is 20.1. The minimum Gasteiger partial charge on any atom is -0.374 e. The lowest BCUT2D eigenvalue weighted by Gasteiger charge is -2.28. The van der Waals surface area contributed by atoms with Crippen molar-refractivity contribution < 1.29 is 26.6 Å². The maximum atomic E-state index is 5.81. The predicted molar refractivity (Wildman–Crippen MR) is 111 cm³/mol. The molecule has 0 aliphatic carbocycles. The number of unbranched alkanes of at least 4 members (excludes halogenated alkanes) is 4. The van der Waals surface area contributed by atoms with Gasteiger partial charge in [0, 0.05) is 47.2 Å². The molecule has 0 atom stereocenters. The molecule has 0 radical (unpaired) electrons. The van der Waals surface area contributed by atoms with Gasteiger partial charge < -0.3 is 26.6 Å². The van der Waals surface area contributed by atoms with E-state index in [1.54, 1.807) is 27.0 Å². The zero-order valence-electron chi connectivity index (χ0n) is 18.1. The van der Waals surface area contributed by atoms with Crippen LogP contribution in [0, 0.1) is 0 Å². The molecule has 0 aromatic heterocycles. The van der Waals surface area contributed by atoms with Crippen LogP contribution in [0.4, 0.5) is 0 Å². The van der Waals surface area contributed by atoms with Gasteiger partial charge in [0.15, 0.2) is 0 Å². The molecular weight excluding hydrogens is 368 g/mol. The number of hydrogen-bond donors (Lipinski definition) is 0. The van der Waals surface area contributed by atoms with Crippen molar-refractivity contribution in [2.75, 3.05) is 41.2 Å². The molecule has 26 heavy (non-hydrogen) atoms. The largest absolute Gasteiger partial charge is 0.528 e. The van der Waals surface area contributed by atoms with Crippen LogP contribution in [0.5, 0.6) is 0 Å². The Kier molecular flexibility index (Phi) is 19.8. The van der Waals surface area contributed by atoms with Crippen molar-refractivity contribution in [2.45, 2.75) is 65.8 Å². The lowest BCUT2D eigenvalue weighted by Crippen LogP contribution is -2.45. The van der Waals surface area contributed by atoms with E-state index in [0.29, 0.717) is 19.8 Å². The molecule has 0 heterocycles. The summed E-state index contributed by atoms with van der Waals surface area (Å²) in [5.41, 5.74) is 1.58. The monoisotopic (exact) mass is 410 g/mol. The van der Waals surface area contributed by atoms with Gasteiger partial charge in [-0.3, -0.25) is 0 Å². The van der Waals surface area contributed by atoms with E-state index in [1.165, 1.54) is 25.7 Å². The number of rotatable bonds is 16. The van der Waals surface area contributed by atoms with Gasteiger partial charge in [-0.1, -0.05) is 39.2 Å². The average Bonchev–Trinajstić information content (AvgIpc) is 2.65. The van der Waals surface area contributed by atoms with Gasteiger partial charge in [0.1, 0.15) is 0 Å². The van der Waals surface area contributed by atoms with Gasteiger partial charge in [-0.05, 0) is 32.9 Å². The molecule has 0 aromatic rings. The van der Waals surface area contributed by atoms with Crippen molar-refractivity contribution in [1.29, 1.82) is 0 Å². The highest BCUT2D eigenvalue weighted by molar-refractivity contribution is 6.66. The summed E-state index contributed by atoms with van der Waals surface area (Å²) in [6.45, 7) is 13.8. The summed E-state index contributed by atoms with van der Waals surface area (Å²) in [6.07, 6.45) is 6.34. The molecule has 0 aliphatic rings. The maximum Gasteiger partial charge on any atom is 0.528 e. The average molecular weight is 411 g/mol. The van der Waals surface area contributed by atoms with E-state index >= 15 is 0 Å². The molecule has 0 amide bonds. The SMILES string of the molecule is C=C[Si](OC)(OC)OC.CCCCCCC[Si](OCC)(OCC)OCC. The van der Waals surface area contributed by atoms with Crippen LogP contribution in [0.15, 0.2) is 12.3 Å². The van der Waals surface area contributed by atoms with Crippen LogP contribution in [0.2, 0.25) is 6.04 Å². The minimum atomic E-state index is -2.43. The van der Waals surface area contributed by atoms with Gasteiger partial charge in [0.2, 0.25) is 0 Å². The van der Waals surface area contributed by atoms with Crippen LogP contribution in [0.1, 0.15) is 59.8 Å². The summed E-state index contributed by atoms with van der Waals surface area (Å²) in [6, 6.07) is 0.965. The van der Waals surface area contributed by atoms with Crippen LogP contribution < -0.4 is 0 Å².